The summed E-state index contributed by atoms with van der Waals surface area (Å²) < 4.78 is 10.8. The van der Waals surface area contributed by atoms with Gasteiger partial charge in [0.05, 0.1) is 0 Å². The average molecular weight is 443 g/mol. The van der Waals surface area contributed by atoms with Gasteiger partial charge in [-0.25, -0.2) is 0 Å². The second-order valence-corrected chi connectivity index (χ2v) is 7.38. The molecule has 3 aromatic rings. The van der Waals surface area contributed by atoms with Crippen molar-refractivity contribution in [2.75, 3.05) is 6.79 Å². The Kier molecular flexibility index (Phi) is 5.79. The predicted octanol–water partition coefficient (Wildman–Crippen LogP) is 4.58. The number of fused-ring (bicyclic) bond motifs is 1. The molecule has 1 aliphatic rings. The molecule has 0 spiro atoms. The summed E-state index contributed by atoms with van der Waals surface area (Å²) in [6, 6.07) is 18.1. The summed E-state index contributed by atoms with van der Waals surface area (Å²) in [6.45, 7) is 0.123. The van der Waals surface area contributed by atoms with Gasteiger partial charge >= 0.3 is 0 Å². The Morgan fingerprint density at radius 3 is 1.77 bits per heavy atom. The minimum atomic E-state index is -0.814. The second-order valence-electron chi connectivity index (χ2n) is 6.51. The normalized spacial score (nSPS) is 12.0. The van der Waals surface area contributed by atoms with E-state index in [0.29, 0.717) is 38.2 Å². The van der Waals surface area contributed by atoms with E-state index < -0.39 is 6.17 Å². The van der Waals surface area contributed by atoms with E-state index >= 15 is 0 Å². The Morgan fingerprint density at radius 2 is 1.23 bits per heavy atom. The van der Waals surface area contributed by atoms with Crippen LogP contribution in [0.3, 0.4) is 0 Å². The first-order valence-corrected chi connectivity index (χ1v) is 9.77. The number of ether oxygens (including phenoxy) is 2. The van der Waals surface area contributed by atoms with Crippen molar-refractivity contribution < 1.29 is 19.1 Å². The monoisotopic (exact) mass is 442 g/mol. The first-order chi connectivity index (χ1) is 14.5. The molecular formula is C22H16Cl2N2O4. The highest BCUT2D eigenvalue weighted by molar-refractivity contribution is 6.31. The number of carbonyl (C=O) groups excluding carboxylic acids is 2. The third-order valence-electron chi connectivity index (χ3n) is 4.49. The van der Waals surface area contributed by atoms with E-state index in [0.717, 1.165) is 0 Å². The Morgan fingerprint density at radius 1 is 0.733 bits per heavy atom. The molecule has 0 fully saturated rings. The van der Waals surface area contributed by atoms with Crippen molar-refractivity contribution in [1.82, 2.24) is 10.6 Å². The first-order valence-electron chi connectivity index (χ1n) is 9.02. The van der Waals surface area contributed by atoms with Crippen LogP contribution in [0.1, 0.15) is 32.4 Å². The van der Waals surface area contributed by atoms with Crippen LogP contribution in [0.2, 0.25) is 10.0 Å². The molecule has 2 N–H and O–H groups in total. The number of hydrogen-bond acceptors (Lipinski definition) is 4. The summed E-state index contributed by atoms with van der Waals surface area (Å²) in [4.78, 5) is 25.5. The van der Waals surface area contributed by atoms with E-state index in [9.17, 15) is 9.59 Å². The molecule has 0 aromatic heterocycles. The van der Waals surface area contributed by atoms with Crippen LogP contribution in [0.5, 0.6) is 11.5 Å². The van der Waals surface area contributed by atoms with Gasteiger partial charge in [0.15, 0.2) is 11.5 Å². The van der Waals surface area contributed by atoms with Crippen LogP contribution in [0.4, 0.5) is 0 Å². The molecular weight excluding hydrogens is 427 g/mol. The molecule has 0 saturated carbocycles. The lowest BCUT2D eigenvalue weighted by Gasteiger charge is -2.21. The molecule has 0 aliphatic carbocycles. The van der Waals surface area contributed by atoms with E-state index in [1.54, 1.807) is 66.7 Å². The maximum absolute atomic E-state index is 12.8. The number of nitrogens with one attached hydrogen (secondary N) is 2. The van der Waals surface area contributed by atoms with Gasteiger partial charge in [-0.1, -0.05) is 29.3 Å². The van der Waals surface area contributed by atoms with Crippen molar-refractivity contribution >= 4 is 35.0 Å². The van der Waals surface area contributed by atoms with Crippen LogP contribution in [-0.2, 0) is 0 Å². The number of carbonyl (C=O) groups is 2. The van der Waals surface area contributed by atoms with Gasteiger partial charge in [0.2, 0.25) is 6.79 Å². The van der Waals surface area contributed by atoms with Gasteiger partial charge in [-0.05, 0) is 66.2 Å². The van der Waals surface area contributed by atoms with E-state index in [2.05, 4.69) is 10.6 Å². The molecule has 30 heavy (non-hydrogen) atoms. The molecule has 152 valence electrons. The Labute approximate surface area is 182 Å². The number of amides is 2. The minimum absolute atomic E-state index is 0.123. The van der Waals surface area contributed by atoms with E-state index in [-0.39, 0.29) is 18.6 Å². The fourth-order valence-electron chi connectivity index (χ4n) is 2.93. The smallest absolute Gasteiger partial charge is 0.253 e. The summed E-state index contributed by atoms with van der Waals surface area (Å²) in [5, 5.41) is 6.72. The molecule has 1 heterocycles. The van der Waals surface area contributed by atoms with Crippen LogP contribution in [0.15, 0.2) is 66.7 Å². The van der Waals surface area contributed by atoms with Gasteiger partial charge < -0.3 is 20.1 Å². The summed E-state index contributed by atoms with van der Waals surface area (Å²) >= 11 is 11.8. The summed E-state index contributed by atoms with van der Waals surface area (Å²) in [6.07, 6.45) is -0.814. The number of benzene rings is 3. The molecule has 0 unspecified atom stereocenters. The molecule has 0 saturated heterocycles. The molecule has 6 nitrogen and oxygen atoms in total. The SMILES string of the molecule is O=C(NC(NC(=O)c1ccc(Cl)cc1)c1ccc2c(c1)OCO2)c1ccc(Cl)cc1. The summed E-state index contributed by atoms with van der Waals surface area (Å²) in [7, 11) is 0. The fourth-order valence-corrected chi connectivity index (χ4v) is 3.18. The van der Waals surface area contributed by atoms with E-state index in [1.165, 1.54) is 0 Å². The Hall–Kier alpha value is -3.22. The first kappa shape index (κ1) is 20.1. The quantitative estimate of drug-likeness (QED) is 0.566. The third kappa shape index (κ3) is 4.50. The number of halogens is 2. The molecule has 0 radical (unpaired) electrons. The van der Waals surface area contributed by atoms with Gasteiger partial charge in [0.1, 0.15) is 6.17 Å². The summed E-state index contributed by atoms with van der Waals surface area (Å²) in [5.41, 5.74) is 1.45. The highest BCUT2D eigenvalue weighted by Crippen LogP contribution is 2.34. The number of hydrogen-bond donors (Lipinski definition) is 2. The van der Waals surface area contributed by atoms with E-state index in [4.69, 9.17) is 32.7 Å². The van der Waals surface area contributed by atoms with Gasteiger partial charge in [-0.2, -0.15) is 0 Å². The van der Waals surface area contributed by atoms with Crippen molar-refractivity contribution in [1.29, 1.82) is 0 Å². The fraction of sp³-hybridized carbons (Fsp3) is 0.0909. The Balaban J connectivity index is 1.60. The summed E-state index contributed by atoms with van der Waals surface area (Å²) in [5.74, 6) is 0.404. The Bertz CT molecular complexity index is 1030. The lowest BCUT2D eigenvalue weighted by atomic mass is 10.1. The van der Waals surface area contributed by atoms with Crippen LogP contribution in [-0.4, -0.2) is 18.6 Å². The molecule has 0 atom stereocenters. The third-order valence-corrected chi connectivity index (χ3v) is 5.00. The van der Waals surface area contributed by atoms with Gasteiger partial charge in [-0.15, -0.1) is 0 Å². The van der Waals surface area contributed by atoms with Gasteiger partial charge in [0.25, 0.3) is 11.8 Å². The zero-order valence-corrected chi connectivity index (χ0v) is 17.0. The van der Waals surface area contributed by atoms with Crippen LogP contribution < -0.4 is 20.1 Å². The highest BCUT2D eigenvalue weighted by atomic mass is 35.5. The minimum Gasteiger partial charge on any atom is -0.454 e. The van der Waals surface area contributed by atoms with Crippen LogP contribution in [0.25, 0.3) is 0 Å². The van der Waals surface area contributed by atoms with Crippen LogP contribution >= 0.6 is 23.2 Å². The van der Waals surface area contributed by atoms with Gasteiger partial charge in [0, 0.05) is 21.2 Å². The number of rotatable bonds is 5. The van der Waals surface area contributed by atoms with Crippen molar-refractivity contribution in [2.45, 2.75) is 6.17 Å². The zero-order valence-electron chi connectivity index (χ0n) is 15.5. The topological polar surface area (TPSA) is 76.7 Å². The van der Waals surface area contributed by atoms with Crippen LogP contribution in [0, 0.1) is 0 Å². The second kappa shape index (κ2) is 8.65. The maximum atomic E-state index is 12.8. The molecule has 0 bridgehead atoms. The van der Waals surface area contributed by atoms with Gasteiger partial charge in [-0.3, -0.25) is 9.59 Å². The lowest BCUT2D eigenvalue weighted by Crippen LogP contribution is -2.41. The lowest BCUT2D eigenvalue weighted by molar-refractivity contribution is 0.0883. The molecule has 4 rings (SSSR count). The van der Waals surface area contributed by atoms with E-state index in [1.807, 2.05) is 0 Å². The maximum Gasteiger partial charge on any atom is 0.253 e. The van der Waals surface area contributed by atoms with Crippen molar-refractivity contribution in [2.24, 2.45) is 0 Å². The highest BCUT2D eigenvalue weighted by Gasteiger charge is 2.22. The largest absolute Gasteiger partial charge is 0.454 e. The predicted molar refractivity (Wildman–Crippen MR) is 113 cm³/mol. The van der Waals surface area contributed by atoms with Crippen molar-refractivity contribution in [3.05, 3.63) is 93.5 Å². The molecule has 1 aliphatic heterocycles. The average Bonchev–Trinajstić information content (AvgIpc) is 3.22. The zero-order chi connectivity index (χ0) is 21.1. The molecule has 8 heteroatoms. The molecule has 2 amide bonds. The standard InChI is InChI=1S/C22H16Cl2N2O4/c23-16-6-1-13(2-7-16)21(27)25-20(15-5-10-18-19(11-15)30-12-29-18)26-22(28)14-3-8-17(24)9-4-14/h1-11,20H,12H2,(H,25,27)(H,26,28). The van der Waals surface area contributed by atoms with Crippen molar-refractivity contribution in [3.63, 3.8) is 0 Å². The molecule has 3 aromatic carbocycles. The van der Waals surface area contributed by atoms with Crippen molar-refractivity contribution in [3.8, 4) is 11.5 Å².